The average molecular weight is 561 g/mol. The number of ether oxygens (including phenoxy) is 6. The molecule has 9 heteroatoms. The van der Waals surface area contributed by atoms with Crippen molar-refractivity contribution in [3.05, 3.63) is 0 Å². The number of rotatable bonds is 15. The van der Waals surface area contributed by atoms with Crippen LogP contribution in [0.15, 0.2) is 0 Å². The van der Waals surface area contributed by atoms with Gasteiger partial charge in [-0.1, -0.05) is 19.6 Å². The Bertz CT molecular complexity index is 777. The van der Waals surface area contributed by atoms with Crippen LogP contribution < -0.4 is 0 Å². The van der Waals surface area contributed by atoms with Crippen molar-refractivity contribution in [2.45, 2.75) is 165 Å². The summed E-state index contributed by atoms with van der Waals surface area (Å²) in [5.41, 5.74) is -2.65. The third-order valence-corrected chi connectivity index (χ3v) is 10.2. The zero-order valence-corrected chi connectivity index (χ0v) is 26.7. The highest BCUT2D eigenvalue weighted by atomic mass is 28.3. The van der Waals surface area contributed by atoms with E-state index >= 15 is 0 Å². The maximum absolute atomic E-state index is 11.3. The largest absolute Gasteiger partial charge is 0.387 e. The minimum atomic E-state index is -1.14. The lowest BCUT2D eigenvalue weighted by molar-refractivity contribution is -0.175. The van der Waals surface area contributed by atoms with Crippen LogP contribution in [-0.4, -0.2) is 90.9 Å². The molecule has 0 saturated carbocycles. The molecule has 0 unspecified atom stereocenters. The lowest BCUT2D eigenvalue weighted by atomic mass is 9.87. The van der Waals surface area contributed by atoms with Crippen LogP contribution in [0.2, 0.25) is 25.7 Å². The zero-order valence-electron chi connectivity index (χ0n) is 25.7. The van der Waals surface area contributed by atoms with Gasteiger partial charge in [-0.25, -0.2) is 0 Å². The first-order valence-corrected chi connectivity index (χ1v) is 18.3. The molecular formula is C29H56O8Si. The van der Waals surface area contributed by atoms with E-state index in [1.165, 1.54) is 0 Å². The molecule has 0 aromatic carbocycles. The lowest BCUT2D eigenvalue weighted by Gasteiger charge is -2.33. The van der Waals surface area contributed by atoms with Gasteiger partial charge in [0.25, 0.3) is 0 Å². The Kier molecular flexibility index (Phi) is 9.93. The smallest absolute Gasteiger partial charge is 0.164 e. The molecule has 0 aliphatic carbocycles. The van der Waals surface area contributed by atoms with Crippen LogP contribution in [0, 0.1) is 0 Å². The van der Waals surface area contributed by atoms with E-state index in [1.54, 1.807) is 6.92 Å². The summed E-state index contributed by atoms with van der Waals surface area (Å²) in [5, 5.41) is 22.2. The minimum absolute atomic E-state index is 0.0274. The highest BCUT2D eigenvalue weighted by Gasteiger charge is 2.55. The van der Waals surface area contributed by atoms with Crippen molar-refractivity contribution in [2.24, 2.45) is 0 Å². The van der Waals surface area contributed by atoms with Crippen molar-refractivity contribution in [3.8, 4) is 0 Å². The van der Waals surface area contributed by atoms with Gasteiger partial charge in [0.15, 0.2) is 5.79 Å². The number of hydrogen-bond donors (Lipinski definition) is 2. The fourth-order valence-electron chi connectivity index (χ4n) is 5.88. The van der Waals surface area contributed by atoms with Crippen molar-refractivity contribution in [3.63, 3.8) is 0 Å². The summed E-state index contributed by atoms with van der Waals surface area (Å²) in [6, 6.07) is 1.08. The summed E-state index contributed by atoms with van der Waals surface area (Å²) >= 11 is 0. The van der Waals surface area contributed by atoms with Crippen LogP contribution in [0.3, 0.4) is 0 Å². The van der Waals surface area contributed by atoms with Gasteiger partial charge in [-0.15, -0.1) is 0 Å². The summed E-state index contributed by atoms with van der Waals surface area (Å²) in [4.78, 5) is 0. The summed E-state index contributed by atoms with van der Waals surface area (Å²) in [5.74, 6) is -0.561. The molecule has 0 aromatic heterocycles. The zero-order chi connectivity index (χ0) is 28.6. The fourth-order valence-corrected chi connectivity index (χ4v) is 6.64. The number of aliphatic hydroxyl groups is 2. The molecule has 7 atom stereocenters. The number of hydrogen-bond acceptors (Lipinski definition) is 8. The van der Waals surface area contributed by atoms with E-state index in [0.29, 0.717) is 25.9 Å². The van der Waals surface area contributed by atoms with Gasteiger partial charge in [-0.05, 0) is 93.0 Å². The lowest BCUT2D eigenvalue weighted by Crippen LogP contribution is -2.46. The van der Waals surface area contributed by atoms with E-state index in [2.05, 4.69) is 40.4 Å². The predicted molar refractivity (Wildman–Crippen MR) is 150 cm³/mol. The second kappa shape index (κ2) is 11.6. The Morgan fingerprint density at radius 2 is 1.50 bits per heavy atom. The molecule has 224 valence electrons. The monoisotopic (exact) mass is 560 g/mol. The molecule has 8 nitrogen and oxygen atoms in total. The van der Waals surface area contributed by atoms with Crippen molar-refractivity contribution in [1.29, 1.82) is 0 Å². The van der Waals surface area contributed by atoms with E-state index in [0.717, 1.165) is 25.3 Å². The van der Waals surface area contributed by atoms with E-state index < -0.39 is 25.1 Å². The second-order valence-corrected chi connectivity index (χ2v) is 20.4. The normalized spacial score (nSPS) is 35.7. The molecule has 3 rings (SSSR count). The van der Waals surface area contributed by atoms with Crippen LogP contribution in [0.25, 0.3) is 0 Å². The highest BCUT2D eigenvalue weighted by Crippen LogP contribution is 2.47. The van der Waals surface area contributed by atoms with Gasteiger partial charge < -0.3 is 38.6 Å². The Labute approximate surface area is 232 Å². The predicted octanol–water partition coefficient (Wildman–Crippen LogP) is 5.01. The molecule has 2 N–H and O–H groups in total. The molecule has 3 heterocycles. The maximum atomic E-state index is 11.3. The first-order chi connectivity index (χ1) is 17.2. The van der Waals surface area contributed by atoms with Crippen LogP contribution in [0.4, 0.5) is 0 Å². The minimum Gasteiger partial charge on any atom is -0.387 e. The molecule has 3 aliphatic rings. The van der Waals surface area contributed by atoms with Gasteiger partial charge in [0.2, 0.25) is 0 Å². The van der Waals surface area contributed by atoms with Gasteiger partial charge in [-0.3, -0.25) is 0 Å². The van der Waals surface area contributed by atoms with Crippen LogP contribution in [0.5, 0.6) is 0 Å². The highest BCUT2D eigenvalue weighted by molar-refractivity contribution is 6.76. The Hall–Kier alpha value is -0.103. The number of epoxide rings is 1. The summed E-state index contributed by atoms with van der Waals surface area (Å²) < 4.78 is 35.6. The van der Waals surface area contributed by atoms with Gasteiger partial charge >= 0.3 is 0 Å². The van der Waals surface area contributed by atoms with Crippen molar-refractivity contribution in [2.75, 3.05) is 20.0 Å². The fraction of sp³-hybridized carbons (Fsp3) is 1.00. The molecule has 0 amide bonds. The molecule has 0 bridgehead atoms. The maximum Gasteiger partial charge on any atom is 0.164 e. The summed E-state index contributed by atoms with van der Waals surface area (Å²) in [7, 11) is -1.13. The summed E-state index contributed by atoms with van der Waals surface area (Å²) in [6.45, 7) is 21.7. The molecule has 0 aromatic rings. The second-order valence-electron chi connectivity index (χ2n) is 14.8. The van der Waals surface area contributed by atoms with Gasteiger partial charge in [0.05, 0.1) is 47.8 Å². The topological polar surface area (TPSA) is 99.1 Å². The van der Waals surface area contributed by atoms with Gasteiger partial charge in [-0.2, -0.15) is 0 Å². The average Bonchev–Trinajstić information content (AvgIpc) is 3.08. The van der Waals surface area contributed by atoms with Gasteiger partial charge in [0.1, 0.15) is 12.4 Å². The van der Waals surface area contributed by atoms with Crippen molar-refractivity contribution in [1.82, 2.24) is 0 Å². The van der Waals surface area contributed by atoms with E-state index in [1.807, 2.05) is 20.8 Å². The SMILES string of the molecule is CC1(C)O[C@H](CC[C@@]2(C)O[C@@H]2CC[C@@](C)(O)[C@@H]2CC[C@@H]([C@](C)(O)COCOCC[Si](C)(C)C)O2)C(C)(C)O1. The van der Waals surface area contributed by atoms with E-state index in [4.69, 9.17) is 28.4 Å². The third-order valence-electron chi connectivity index (χ3n) is 8.53. The Balaban J connectivity index is 1.37. The first kappa shape index (κ1) is 32.4. The quantitative estimate of drug-likeness (QED) is 0.125. The Morgan fingerprint density at radius 1 is 0.868 bits per heavy atom. The van der Waals surface area contributed by atoms with Crippen LogP contribution in [0.1, 0.15) is 87.0 Å². The standard InChI is InChI=1S/C29H56O8Si/c1-25(2)21(35-26(3,4)37-25)14-16-29(7)24(36-29)13-15-27(5,30)22-11-12-23(34-22)28(6,31)19-33-20-32-17-18-38(8,9)10/h21-24,30-31H,11-20H2,1-10H3/t21-,22+,23+,24-,27-,28-,29-/m1/s1. The molecule has 0 spiro atoms. The molecular weight excluding hydrogens is 504 g/mol. The molecule has 3 saturated heterocycles. The molecule has 3 fully saturated rings. The summed E-state index contributed by atoms with van der Waals surface area (Å²) in [6.07, 6.45) is 3.91. The van der Waals surface area contributed by atoms with E-state index in [9.17, 15) is 10.2 Å². The van der Waals surface area contributed by atoms with E-state index in [-0.39, 0.29) is 49.0 Å². The molecule has 3 aliphatic heterocycles. The first-order valence-electron chi connectivity index (χ1n) is 14.6. The van der Waals surface area contributed by atoms with Crippen LogP contribution >= 0.6 is 0 Å². The van der Waals surface area contributed by atoms with Gasteiger partial charge in [0, 0.05) is 14.7 Å². The third kappa shape index (κ3) is 8.95. The van der Waals surface area contributed by atoms with Crippen molar-refractivity contribution < 1.29 is 38.6 Å². The molecule has 0 radical (unpaired) electrons. The molecule has 38 heavy (non-hydrogen) atoms. The van der Waals surface area contributed by atoms with Crippen LogP contribution in [-0.2, 0) is 28.4 Å². The Morgan fingerprint density at radius 3 is 2.08 bits per heavy atom. The van der Waals surface area contributed by atoms with Crippen molar-refractivity contribution >= 4 is 8.07 Å².